The summed E-state index contributed by atoms with van der Waals surface area (Å²) >= 11 is 6.60. The zero-order valence-electron chi connectivity index (χ0n) is 20.7. The molecule has 1 fully saturated rings. The molecule has 0 unspecified atom stereocenters. The average Bonchev–Trinajstić information content (AvgIpc) is 2.84. The van der Waals surface area contributed by atoms with Crippen molar-refractivity contribution in [2.75, 3.05) is 13.1 Å². The second-order valence-corrected chi connectivity index (χ2v) is 10.9. The molecule has 5 rings (SSSR count). The van der Waals surface area contributed by atoms with Gasteiger partial charge in [-0.05, 0) is 88.5 Å². The molecular weight excluding hydrogens is 478 g/mol. The van der Waals surface area contributed by atoms with Crippen LogP contribution < -0.4 is 5.43 Å². The average molecular weight is 507 g/mol. The summed E-state index contributed by atoms with van der Waals surface area (Å²) in [6.07, 6.45) is 3.57. The molecule has 0 amide bonds. The first-order chi connectivity index (χ1) is 17.1. The molecule has 2 aromatic carbocycles. The molecular formula is C30H29ClF2N2O. The molecule has 0 aliphatic carbocycles. The molecule has 0 saturated carbocycles. The van der Waals surface area contributed by atoms with Gasteiger partial charge in [-0.15, -0.1) is 0 Å². The summed E-state index contributed by atoms with van der Waals surface area (Å²) in [6.45, 7) is 8.58. The lowest BCUT2D eigenvalue weighted by atomic mass is 9.86. The van der Waals surface area contributed by atoms with E-state index in [0.29, 0.717) is 10.5 Å². The molecule has 0 N–H and O–H groups in total. The quantitative estimate of drug-likeness (QED) is 0.286. The summed E-state index contributed by atoms with van der Waals surface area (Å²) in [7, 11) is 0. The van der Waals surface area contributed by atoms with Gasteiger partial charge < -0.3 is 4.40 Å². The lowest BCUT2D eigenvalue weighted by molar-refractivity contribution is 0.102. The van der Waals surface area contributed by atoms with E-state index >= 15 is 0 Å². The van der Waals surface area contributed by atoms with Gasteiger partial charge in [-0.1, -0.05) is 35.9 Å². The molecule has 0 spiro atoms. The molecule has 1 saturated heterocycles. The van der Waals surface area contributed by atoms with E-state index < -0.39 is 17.1 Å². The Hall–Kier alpha value is -3.02. The lowest BCUT2D eigenvalue weighted by Gasteiger charge is -2.41. The monoisotopic (exact) mass is 506 g/mol. The maximum Gasteiger partial charge on any atom is 0.190 e. The van der Waals surface area contributed by atoms with Gasteiger partial charge in [0.15, 0.2) is 5.43 Å². The summed E-state index contributed by atoms with van der Waals surface area (Å²) < 4.78 is 31.7. The van der Waals surface area contributed by atoms with Crippen molar-refractivity contribution in [2.24, 2.45) is 0 Å². The van der Waals surface area contributed by atoms with Gasteiger partial charge in [0.2, 0.25) is 0 Å². The van der Waals surface area contributed by atoms with E-state index in [4.69, 9.17) is 11.6 Å². The van der Waals surface area contributed by atoms with Crippen LogP contribution >= 0.6 is 11.6 Å². The Labute approximate surface area is 215 Å². The second-order valence-electron chi connectivity index (χ2n) is 10.5. The highest BCUT2D eigenvalue weighted by Gasteiger charge is 2.29. The maximum atomic E-state index is 14.9. The summed E-state index contributed by atoms with van der Waals surface area (Å²) in [4.78, 5) is 15.6. The van der Waals surface area contributed by atoms with E-state index in [9.17, 15) is 13.6 Å². The minimum atomic E-state index is -0.761. The Bertz CT molecular complexity index is 1480. The van der Waals surface area contributed by atoms with E-state index in [-0.39, 0.29) is 22.6 Å². The normalized spacial score (nSPS) is 15.5. The molecule has 1 aliphatic rings. The molecule has 4 aromatic rings. The van der Waals surface area contributed by atoms with E-state index in [0.717, 1.165) is 42.8 Å². The maximum absolute atomic E-state index is 14.9. The van der Waals surface area contributed by atoms with Gasteiger partial charge in [0.05, 0.1) is 22.3 Å². The van der Waals surface area contributed by atoms with Crippen molar-refractivity contribution in [1.82, 2.24) is 9.30 Å². The third kappa shape index (κ3) is 4.46. The van der Waals surface area contributed by atoms with Gasteiger partial charge >= 0.3 is 0 Å². The number of hydrogen-bond donors (Lipinski definition) is 0. The fraction of sp³-hybridized carbons (Fsp3) is 0.300. The van der Waals surface area contributed by atoms with Crippen LogP contribution in [0, 0.1) is 11.6 Å². The molecule has 36 heavy (non-hydrogen) atoms. The van der Waals surface area contributed by atoms with Gasteiger partial charge in [0.1, 0.15) is 11.6 Å². The second kappa shape index (κ2) is 9.45. The number of pyridine rings is 2. The third-order valence-corrected chi connectivity index (χ3v) is 7.61. The fourth-order valence-corrected chi connectivity index (χ4v) is 5.55. The number of aromatic nitrogens is 1. The fourth-order valence-electron chi connectivity index (χ4n) is 5.31. The summed E-state index contributed by atoms with van der Waals surface area (Å²) in [5, 5.41) is 0.566. The van der Waals surface area contributed by atoms with Crippen molar-refractivity contribution < 1.29 is 8.78 Å². The van der Waals surface area contributed by atoms with Crippen LogP contribution in [-0.2, 0) is 0 Å². The topological polar surface area (TPSA) is 24.7 Å². The van der Waals surface area contributed by atoms with E-state index in [1.165, 1.54) is 24.3 Å². The molecule has 3 nitrogen and oxygen atoms in total. The number of benzene rings is 2. The molecule has 1 aliphatic heterocycles. The first-order valence-corrected chi connectivity index (χ1v) is 12.7. The van der Waals surface area contributed by atoms with E-state index in [2.05, 4.69) is 31.7 Å². The van der Waals surface area contributed by atoms with Crippen LogP contribution in [0.25, 0.3) is 27.9 Å². The van der Waals surface area contributed by atoms with Gasteiger partial charge in [0.25, 0.3) is 0 Å². The van der Waals surface area contributed by atoms with Crippen molar-refractivity contribution in [3.63, 3.8) is 0 Å². The zero-order valence-corrected chi connectivity index (χ0v) is 21.4. The number of hydrogen-bond acceptors (Lipinski definition) is 2. The Morgan fingerprint density at radius 3 is 2.19 bits per heavy atom. The summed E-state index contributed by atoms with van der Waals surface area (Å²) in [5.41, 5.74) is 2.48. The van der Waals surface area contributed by atoms with Crippen molar-refractivity contribution in [3.8, 4) is 22.4 Å². The van der Waals surface area contributed by atoms with Crippen LogP contribution in [0.15, 0.2) is 71.7 Å². The highest BCUT2D eigenvalue weighted by molar-refractivity contribution is 6.33. The van der Waals surface area contributed by atoms with Crippen molar-refractivity contribution >= 4 is 17.1 Å². The minimum absolute atomic E-state index is 0.0235. The molecule has 2 aromatic heterocycles. The Morgan fingerprint density at radius 2 is 1.56 bits per heavy atom. The van der Waals surface area contributed by atoms with Crippen LogP contribution in [0.1, 0.15) is 45.1 Å². The lowest BCUT2D eigenvalue weighted by Crippen LogP contribution is -2.45. The Kier molecular flexibility index (Phi) is 6.48. The number of halogens is 3. The number of nitrogens with zero attached hydrogens (tertiary/aromatic N) is 2. The summed E-state index contributed by atoms with van der Waals surface area (Å²) in [5.74, 6) is -1.27. The first kappa shape index (κ1) is 24.7. The molecule has 0 bridgehead atoms. The van der Waals surface area contributed by atoms with Crippen LogP contribution in [0.3, 0.4) is 0 Å². The largest absolute Gasteiger partial charge is 0.316 e. The van der Waals surface area contributed by atoms with Gasteiger partial charge in [-0.2, -0.15) is 0 Å². The predicted octanol–water partition coefficient (Wildman–Crippen LogP) is 7.54. The standard InChI is InChI=1S/C30H29ClF2N2O/c1-30(2,3)34-14-11-19(12-15-34)20-17-25(21-7-4-5-8-22(21)31)35-16-13-27(36)29(26(35)18-20)28-23(32)9-6-10-24(28)33/h4-10,13,16-19H,11-12,14-15H2,1-3H3. The minimum Gasteiger partial charge on any atom is -0.316 e. The highest BCUT2D eigenvalue weighted by atomic mass is 35.5. The molecule has 0 atom stereocenters. The van der Waals surface area contributed by atoms with Crippen molar-refractivity contribution in [3.05, 3.63) is 99.3 Å². The number of piperidine rings is 1. The zero-order chi connectivity index (χ0) is 25.6. The van der Waals surface area contributed by atoms with Crippen molar-refractivity contribution in [1.29, 1.82) is 0 Å². The van der Waals surface area contributed by atoms with E-state index in [1.807, 2.05) is 34.7 Å². The SMILES string of the molecule is CC(C)(C)N1CCC(c2cc(-c3ccccc3Cl)n3ccc(=O)c(-c4c(F)cccc4F)c3c2)CC1. The Balaban J connectivity index is 1.76. The molecule has 186 valence electrons. The predicted molar refractivity (Wildman–Crippen MR) is 143 cm³/mol. The van der Waals surface area contributed by atoms with Crippen molar-refractivity contribution in [2.45, 2.75) is 45.1 Å². The first-order valence-electron chi connectivity index (χ1n) is 12.3. The highest BCUT2D eigenvalue weighted by Crippen LogP contribution is 2.38. The van der Waals surface area contributed by atoms with Crippen LogP contribution in [0.5, 0.6) is 0 Å². The smallest absolute Gasteiger partial charge is 0.190 e. The summed E-state index contributed by atoms with van der Waals surface area (Å²) in [6, 6.07) is 16.6. The molecule has 3 heterocycles. The number of rotatable bonds is 3. The number of likely N-dealkylation sites (tertiary alicyclic amines) is 1. The van der Waals surface area contributed by atoms with Gasteiger partial charge in [-0.25, -0.2) is 8.78 Å². The molecule has 6 heteroatoms. The van der Waals surface area contributed by atoms with Crippen LogP contribution in [0.4, 0.5) is 8.78 Å². The number of fused-ring (bicyclic) bond motifs is 1. The third-order valence-electron chi connectivity index (χ3n) is 7.28. The van der Waals surface area contributed by atoms with Gasteiger partial charge in [0, 0.05) is 28.4 Å². The van der Waals surface area contributed by atoms with Crippen LogP contribution in [0.2, 0.25) is 5.02 Å². The van der Waals surface area contributed by atoms with Gasteiger partial charge in [-0.3, -0.25) is 9.69 Å². The Morgan fingerprint density at radius 1 is 0.889 bits per heavy atom. The molecule has 0 radical (unpaired) electrons. The van der Waals surface area contributed by atoms with Crippen LogP contribution in [-0.4, -0.2) is 27.9 Å². The van der Waals surface area contributed by atoms with E-state index in [1.54, 1.807) is 6.20 Å².